The summed E-state index contributed by atoms with van der Waals surface area (Å²) in [4.78, 5) is 22.4. The van der Waals surface area contributed by atoms with E-state index in [0.29, 0.717) is 13.0 Å². The summed E-state index contributed by atoms with van der Waals surface area (Å²) >= 11 is 0. The van der Waals surface area contributed by atoms with Crippen molar-refractivity contribution in [3.05, 3.63) is 0 Å². The lowest BCUT2D eigenvalue weighted by molar-refractivity contribution is -0.122. The Kier molecular flexibility index (Phi) is 7.35. The van der Waals surface area contributed by atoms with Crippen LogP contribution in [0.4, 0.5) is 4.79 Å². The van der Waals surface area contributed by atoms with Crippen molar-refractivity contribution in [3.8, 4) is 0 Å². The zero-order chi connectivity index (χ0) is 14.2. The van der Waals surface area contributed by atoms with Crippen molar-refractivity contribution in [3.63, 3.8) is 0 Å². The number of likely N-dealkylation sites (N-methyl/N-ethyl adjacent to an activating group) is 1. The third-order valence-electron chi connectivity index (χ3n) is 2.19. The summed E-state index contributed by atoms with van der Waals surface area (Å²) in [6.45, 7) is 5.97. The van der Waals surface area contributed by atoms with Gasteiger partial charge < -0.3 is 21.1 Å². The Morgan fingerprint density at radius 2 is 1.89 bits per heavy atom. The summed E-state index contributed by atoms with van der Waals surface area (Å²) in [6, 6.07) is -0.475. The van der Waals surface area contributed by atoms with Crippen LogP contribution in [0.3, 0.4) is 0 Å². The standard InChI is InChI=1S/C12H25N3O3/c1-12(2,3)18-11(17)15-8-6-5-7-9(13)10(16)14-4/h9H,5-8,13H2,1-4H3,(H,14,16)(H,15,17). The van der Waals surface area contributed by atoms with E-state index >= 15 is 0 Å². The second-order valence-electron chi connectivity index (χ2n) is 5.15. The van der Waals surface area contributed by atoms with Crippen LogP contribution in [0.25, 0.3) is 0 Å². The molecule has 0 aliphatic carbocycles. The Hall–Kier alpha value is -1.30. The lowest BCUT2D eigenvalue weighted by atomic mass is 10.1. The van der Waals surface area contributed by atoms with E-state index in [0.717, 1.165) is 12.8 Å². The van der Waals surface area contributed by atoms with Gasteiger partial charge in [-0.2, -0.15) is 0 Å². The lowest BCUT2D eigenvalue weighted by Crippen LogP contribution is -2.38. The number of rotatable bonds is 6. The highest BCUT2D eigenvalue weighted by Gasteiger charge is 2.15. The van der Waals surface area contributed by atoms with Crippen LogP contribution in [-0.4, -0.2) is 37.2 Å². The number of nitrogens with one attached hydrogen (secondary N) is 2. The maximum atomic E-state index is 11.3. The first-order valence-electron chi connectivity index (χ1n) is 6.20. The van der Waals surface area contributed by atoms with Gasteiger partial charge in [0.2, 0.25) is 5.91 Å². The molecule has 6 heteroatoms. The highest BCUT2D eigenvalue weighted by molar-refractivity contribution is 5.81. The van der Waals surface area contributed by atoms with Gasteiger partial charge in [-0.15, -0.1) is 0 Å². The van der Waals surface area contributed by atoms with Gasteiger partial charge in [-0.1, -0.05) is 0 Å². The minimum atomic E-state index is -0.481. The molecule has 0 fully saturated rings. The van der Waals surface area contributed by atoms with E-state index in [2.05, 4.69) is 10.6 Å². The first-order valence-corrected chi connectivity index (χ1v) is 6.20. The molecule has 0 saturated carbocycles. The van der Waals surface area contributed by atoms with Gasteiger partial charge in [0.1, 0.15) is 5.60 Å². The van der Waals surface area contributed by atoms with Crippen LogP contribution in [0.15, 0.2) is 0 Å². The number of unbranched alkanes of at least 4 members (excludes halogenated alkanes) is 1. The SMILES string of the molecule is CNC(=O)C(N)CCCCNC(=O)OC(C)(C)C. The summed E-state index contributed by atoms with van der Waals surface area (Å²) < 4.78 is 5.08. The minimum absolute atomic E-state index is 0.157. The molecule has 0 radical (unpaired) electrons. The monoisotopic (exact) mass is 259 g/mol. The number of hydrogen-bond donors (Lipinski definition) is 3. The molecular weight excluding hydrogens is 234 g/mol. The molecule has 0 bridgehead atoms. The normalized spacial score (nSPS) is 12.7. The number of hydrogen-bond acceptors (Lipinski definition) is 4. The summed E-state index contributed by atoms with van der Waals surface area (Å²) in [5.74, 6) is -0.157. The van der Waals surface area contributed by atoms with Gasteiger partial charge in [-0.05, 0) is 40.0 Å². The van der Waals surface area contributed by atoms with Crippen molar-refractivity contribution in [2.75, 3.05) is 13.6 Å². The fourth-order valence-electron chi connectivity index (χ4n) is 1.31. The molecule has 0 spiro atoms. The topological polar surface area (TPSA) is 93.5 Å². The summed E-state index contributed by atoms with van der Waals surface area (Å²) in [6.07, 6.45) is 1.74. The number of carbonyl (C=O) groups excluding carboxylic acids is 2. The van der Waals surface area contributed by atoms with Gasteiger partial charge in [0.15, 0.2) is 0 Å². The molecule has 0 saturated heterocycles. The molecule has 0 aromatic carbocycles. The Bertz CT molecular complexity index is 274. The fraction of sp³-hybridized carbons (Fsp3) is 0.833. The van der Waals surface area contributed by atoms with Crippen LogP contribution < -0.4 is 16.4 Å². The summed E-state index contributed by atoms with van der Waals surface area (Å²) in [7, 11) is 1.56. The first-order chi connectivity index (χ1) is 8.26. The summed E-state index contributed by atoms with van der Waals surface area (Å²) in [5.41, 5.74) is 5.15. The second-order valence-corrected chi connectivity index (χ2v) is 5.15. The van der Waals surface area contributed by atoms with E-state index in [-0.39, 0.29) is 5.91 Å². The molecule has 0 aromatic rings. The highest BCUT2D eigenvalue weighted by Crippen LogP contribution is 2.06. The Morgan fingerprint density at radius 3 is 2.39 bits per heavy atom. The van der Waals surface area contributed by atoms with Crippen LogP contribution in [0.1, 0.15) is 40.0 Å². The maximum absolute atomic E-state index is 11.3. The van der Waals surface area contributed by atoms with Crippen LogP contribution in [-0.2, 0) is 9.53 Å². The van der Waals surface area contributed by atoms with E-state index in [4.69, 9.17) is 10.5 Å². The predicted molar refractivity (Wildman–Crippen MR) is 70.1 cm³/mol. The lowest BCUT2D eigenvalue weighted by Gasteiger charge is -2.19. The van der Waals surface area contributed by atoms with E-state index in [1.165, 1.54) is 0 Å². The van der Waals surface area contributed by atoms with Gasteiger partial charge >= 0.3 is 6.09 Å². The molecule has 18 heavy (non-hydrogen) atoms. The third-order valence-corrected chi connectivity index (χ3v) is 2.19. The molecule has 0 heterocycles. The van der Waals surface area contributed by atoms with Gasteiger partial charge in [-0.25, -0.2) is 4.79 Å². The van der Waals surface area contributed by atoms with Crippen molar-refractivity contribution in [1.82, 2.24) is 10.6 Å². The second kappa shape index (κ2) is 7.92. The Balaban J connectivity index is 3.57. The zero-order valence-corrected chi connectivity index (χ0v) is 11.7. The predicted octanol–water partition coefficient (Wildman–Crippen LogP) is 0.755. The van der Waals surface area contributed by atoms with E-state index in [1.807, 2.05) is 20.8 Å². The molecule has 106 valence electrons. The molecular formula is C12H25N3O3. The van der Waals surface area contributed by atoms with Crippen LogP contribution in [0.5, 0.6) is 0 Å². The molecule has 1 atom stereocenters. The first kappa shape index (κ1) is 16.7. The van der Waals surface area contributed by atoms with Crippen LogP contribution in [0.2, 0.25) is 0 Å². The Labute approximate surface area is 109 Å². The van der Waals surface area contributed by atoms with Crippen molar-refractivity contribution in [2.45, 2.75) is 51.7 Å². The van der Waals surface area contributed by atoms with Gasteiger partial charge in [0, 0.05) is 13.6 Å². The van der Waals surface area contributed by atoms with Crippen LogP contribution in [0, 0.1) is 0 Å². The minimum Gasteiger partial charge on any atom is -0.444 e. The van der Waals surface area contributed by atoms with Gasteiger partial charge in [-0.3, -0.25) is 4.79 Å². The van der Waals surface area contributed by atoms with Crippen LogP contribution >= 0.6 is 0 Å². The average molecular weight is 259 g/mol. The smallest absolute Gasteiger partial charge is 0.407 e. The Morgan fingerprint density at radius 1 is 1.28 bits per heavy atom. The molecule has 4 N–H and O–H groups in total. The third kappa shape index (κ3) is 8.81. The summed E-state index contributed by atoms with van der Waals surface area (Å²) in [5, 5.41) is 5.15. The number of nitrogens with two attached hydrogens (primary N) is 1. The van der Waals surface area contributed by atoms with E-state index < -0.39 is 17.7 Å². The number of amides is 2. The maximum Gasteiger partial charge on any atom is 0.407 e. The number of ether oxygens (including phenoxy) is 1. The van der Waals surface area contributed by atoms with Gasteiger partial charge in [0.25, 0.3) is 0 Å². The van der Waals surface area contributed by atoms with Crippen molar-refractivity contribution >= 4 is 12.0 Å². The van der Waals surface area contributed by atoms with Gasteiger partial charge in [0.05, 0.1) is 6.04 Å². The number of carbonyl (C=O) groups is 2. The van der Waals surface area contributed by atoms with Crippen molar-refractivity contribution in [1.29, 1.82) is 0 Å². The number of alkyl carbamates (subject to hydrolysis) is 1. The highest BCUT2D eigenvalue weighted by atomic mass is 16.6. The molecule has 6 nitrogen and oxygen atoms in total. The zero-order valence-electron chi connectivity index (χ0n) is 11.7. The average Bonchev–Trinajstić information content (AvgIpc) is 2.24. The molecule has 0 aliphatic rings. The molecule has 1 unspecified atom stereocenters. The van der Waals surface area contributed by atoms with Crippen molar-refractivity contribution < 1.29 is 14.3 Å². The molecule has 0 aromatic heterocycles. The van der Waals surface area contributed by atoms with E-state index in [9.17, 15) is 9.59 Å². The van der Waals surface area contributed by atoms with E-state index in [1.54, 1.807) is 7.05 Å². The largest absolute Gasteiger partial charge is 0.444 e. The molecule has 0 aliphatic heterocycles. The van der Waals surface area contributed by atoms with Crippen molar-refractivity contribution in [2.24, 2.45) is 5.73 Å². The molecule has 0 rings (SSSR count). The molecule has 2 amide bonds. The quantitative estimate of drug-likeness (QED) is 0.614. The fourth-order valence-corrected chi connectivity index (χ4v) is 1.31.